The average molecular weight is 366 g/mol. The number of nitrogens with zero attached hydrogens (tertiary/aromatic N) is 3. The number of anilines is 1. The van der Waals surface area contributed by atoms with E-state index in [1.165, 1.54) is 5.69 Å². The van der Waals surface area contributed by atoms with E-state index in [0.717, 1.165) is 36.6 Å². The van der Waals surface area contributed by atoms with Gasteiger partial charge in [-0.15, -0.1) is 11.3 Å². The maximum atomic E-state index is 12.9. The number of aromatic nitrogens is 2. The molecule has 6 heteroatoms. The third-order valence-corrected chi connectivity index (χ3v) is 5.81. The Morgan fingerprint density at radius 3 is 2.92 bits per heavy atom. The molecule has 1 aliphatic heterocycles. The second-order valence-electron chi connectivity index (χ2n) is 6.76. The van der Waals surface area contributed by atoms with Crippen LogP contribution in [0.5, 0.6) is 0 Å². The van der Waals surface area contributed by atoms with Gasteiger partial charge < -0.3 is 9.80 Å². The topological polar surface area (TPSA) is 52.2 Å². The summed E-state index contributed by atoms with van der Waals surface area (Å²) in [6, 6.07) is 14.5. The highest BCUT2D eigenvalue weighted by Gasteiger charge is 2.27. The second kappa shape index (κ2) is 7.33. The zero-order valence-corrected chi connectivity index (χ0v) is 15.6. The Labute approximate surface area is 157 Å². The predicted octanol–water partition coefficient (Wildman–Crippen LogP) is 3.74. The summed E-state index contributed by atoms with van der Waals surface area (Å²) < 4.78 is 0. The molecule has 4 rings (SSSR count). The molecule has 134 valence electrons. The number of hydrogen-bond donors (Lipinski definition) is 1. The summed E-state index contributed by atoms with van der Waals surface area (Å²) in [6.45, 7) is 2.80. The van der Waals surface area contributed by atoms with Crippen LogP contribution in [0.1, 0.15) is 16.8 Å². The van der Waals surface area contributed by atoms with Gasteiger partial charge in [-0.2, -0.15) is 5.10 Å². The molecule has 5 nitrogen and oxygen atoms in total. The number of amides is 1. The molecule has 3 heterocycles. The Morgan fingerprint density at radius 1 is 1.31 bits per heavy atom. The van der Waals surface area contributed by atoms with Gasteiger partial charge in [0.05, 0.1) is 22.3 Å². The highest BCUT2D eigenvalue weighted by atomic mass is 32.1. The Balaban J connectivity index is 1.41. The molecule has 1 fully saturated rings. The van der Waals surface area contributed by atoms with E-state index in [-0.39, 0.29) is 5.91 Å². The zero-order valence-electron chi connectivity index (χ0n) is 14.8. The minimum absolute atomic E-state index is 0.0281. The molecule has 26 heavy (non-hydrogen) atoms. The van der Waals surface area contributed by atoms with Crippen LogP contribution in [0.2, 0.25) is 0 Å². The summed E-state index contributed by atoms with van der Waals surface area (Å²) in [5.74, 6) is 0.515. The Kier molecular flexibility index (Phi) is 4.75. The molecule has 0 saturated carbocycles. The Hall–Kier alpha value is -2.60. The number of nitrogens with one attached hydrogen (secondary N) is 1. The molecule has 1 aliphatic rings. The number of carbonyl (C=O) groups excluding carboxylic acids is 1. The van der Waals surface area contributed by atoms with Crippen molar-refractivity contribution in [2.45, 2.75) is 6.42 Å². The Morgan fingerprint density at radius 2 is 2.15 bits per heavy atom. The van der Waals surface area contributed by atoms with Crippen LogP contribution in [0.4, 0.5) is 5.69 Å². The van der Waals surface area contributed by atoms with Crippen LogP contribution in [-0.4, -0.2) is 47.7 Å². The summed E-state index contributed by atoms with van der Waals surface area (Å²) in [4.78, 5) is 18.2. The molecule has 1 amide bonds. The van der Waals surface area contributed by atoms with Crippen molar-refractivity contribution in [1.82, 2.24) is 15.1 Å². The number of aromatic amines is 1. The fourth-order valence-electron chi connectivity index (χ4n) is 3.59. The standard InChI is InChI=1S/C20H22N4OS/c1-23(13-15-9-10-24(14-15)16-6-3-2-4-7-16)20(25)17-12-21-22-19(17)18-8-5-11-26-18/h2-8,11-12,15H,9-10,13-14H2,1H3,(H,21,22). The third kappa shape index (κ3) is 3.37. The van der Waals surface area contributed by atoms with E-state index in [2.05, 4.69) is 39.4 Å². The lowest BCUT2D eigenvalue weighted by atomic mass is 10.1. The molecule has 0 aliphatic carbocycles. The van der Waals surface area contributed by atoms with Crippen molar-refractivity contribution in [3.63, 3.8) is 0 Å². The van der Waals surface area contributed by atoms with Gasteiger partial charge in [0.15, 0.2) is 0 Å². The van der Waals surface area contributed by atoms with Crippen molar-refractivity contribution < 1.29 is 4.79 Å². The molecule has 1 unspecified atom stereocenters. The maximum absolute atomic E-state index is 12.9. The van der Waals surface area contributed by atoms with Gasteiger partial charge in [0, 0.05) is 32.4 Å². The predicted molar refractivity (Wildman–Crippen MR) is 106 cm³/mol. The number of para-hydroxylation sites is 1. The van der Waals surface area contributed by atoms with Gasteiger partial charge in [-0.3, -0.25) is 9.89 Å². The molecular formula is C20H22N4OS. The van der Waals surface area contributed by atoms with E-state index in [4.69, 9.17) is 0 Å². The minimum Gasteiger partial charge on any atom is -0.371 e. The van der Waals surface area contributed by atoms with Gasteiger partial charge in [0.25, 0.3) is 5.91 Å². The molecule has 1 N–H and O–H groups in total. The monoisotopic (exact) mass is 366 g/mol. The maximum Gasteiger partial charge on any atom is 0.257 e. The highest BCUT2D eigenvalue weighted by molar-refractivity contribution is 7.13. The zero-order chi connectivity index (χ0) is 17.9. The third-order valence-electron chi connectivity index (χ3n) is 4.92. The summed E-state index contributed by atoms with van der Waals surface area (Å²) in [7, 11) is 1.89. The minimum atomic E-state index is 0.0281. The van der Waals surface area contributed by atoms with Crippen molar-refractivity contribution in [3.05, 3.63) is 59.6 Å². The number of hydrogen-bond acceptors (Lipinski definition) is 4. The number of rotatable bonds is 5. The van der Waals surface area contributed by atoms with E-state index >= 15 is 0 Å². The first-order valence-corrected chi connectivity index (χ1v) is 9.73. The summed E-state index contributed by atoms with van der Waals surface area (Å²) in [5, 5.41) is 9.07. The largest absolute Gasteiger partial charge is 0.371 e. The van der Waals surface area contributed by atoms with Crippen LogP contribution in [0.3, 0.4) is 0 Å². The van der Waals surface area contributed by atoms with Crippen molar-refractivity contribution in [1.29, 1.82) is 0 Å². The van der Waals surface area contributed by atoms with Crippen LogP contribution in [0.15, 0.2) is 54.0 Å². The van der Waals surface area contributed by atoms with Crippen molar-refractivity contribution in [2.24, 2.45) is 5.92 Å². The first-order valence-electron chi connectivity index (χ1n) is 8.85. The molecule has 1 saturated heterocycles. The lowest BCUT2D eigenvalue weighted by Crippen LogP contribution is -2.33. The van der Waals surface area contributed by atoms with E-state index in [9.17, 15) is 4.79 Å². The van der Waals surface area contributed by atoms with Crippen molar-refractivity contribution in [2.75, 3.05) is 31.6 Å². The molecule has 0 spiro atoms. The van der Waals surface area contributed by atoms with Gasteiger partial charge in [-0.1, -0.05) is 24.3 Å². The highest BCUT2D eigenvalue weighted by Crippen LogP contribution is 2.28. The van der Waals surface area contributed by atoms with E-state index < -0.39 is 0 Å². The number of thiophene rings is 1. The SMILES string of the molecule is CN(CC1CCN(c2ccccc2)C1)C(=O)c1cn[nH]c1-c1cccs1. The molecule has 1 atom stereocenters. The first kappa shape index (κ1) is 16.8. The van der Waals surface area contributed by atoms with Crippen LogP contribution in [-0.2, 0) is 0 Å². The number of H-pyrrole nitrogens is 1. The van der Waals surface area contributed by atoms with Gasteiger partial charge >= 0.3 is 0 Å². The quantitative estimate of drug-likeness (QED) is 0.748. The van der Waals surface area contributed by atoms with Crippen LogP contribution in [0.25, 0.3) is 10.6 Å². The Bertz CT molecular complexity index is 859. The van der Waals surface area contributed by atoms with Crippen molar-refractivity contribution >= 4 is 22.9 Å². The lowest BCUT2D eigenvalue weighted by Gasteiger charge is -2.22. The van der Waals surface area contributed by atoms with Gasteiger partial charge in [0.1, 0.15) is 0 Å². The van der Waals surface area contributed by atoms with Crippen LogP contribution < -0.4 is 4.90 Å². The fourth-order valence-corrected chi connectivity index (χ4v) is 4.32. The molecule has 1 aromatic carbocycles. The van der Waals surface area contributed by atoms with Gasteiger partial charge in [-0.05, 0) is 35.9 Å². The molecule has 0 radical (unpaired) electrons. The van der Waals surface area contributed by atoms with Crippen LogP contribution in [0, 0.1) is 5.92 Å². The molecule has 3 aromatic rings. The average Bonchev–Trinajstić information content (AvgIpc) is 3.42. The first-order chi connectivity index (χ1) is 12.7. The van der Waals surface area contributed by atoms with Gasteiger partial charge in [-0.25, -0.2) is 0 Å². The fraction of sp³-hybridized carbons (Fsp3) is 0.300. The van der Waals surface area contributed by atoms with E-state index in [0.29, 0.717) is 11.5 Å². The lowest BCUT2D eigenvalue weighted by molar-refractivity contribution is 0.0777. The van der Waals surface area contributed by atoms with Crippen LogP contribution >= 0.6 is 11.3 Å². The molecular weight excluding hydrogens is 344 g/mol. The normalized spacial score (nSPS) is 16.8. The molecule has 0 bridgehead atoms. The number of carbonyl (C=O) groups is 1. The summed E-state index contributed by atoms with van der Waals surface area (Å²) in [6.07, 6.45) is 2.74. The summed E-state index contributed by atoms with van der Waals surface area (Å²) in [5.41, 5.74) is 2.72. The summed E-state index contributed by atoms with van der Waals surface area (Å²) >= 11 is 1.61. The second-order valence-corrected chi connectivity index (χ2v) is 7.71. The van der Waals surface area contributed by atoms with Gasteiger partial charge in [0.2, 0.25) is 0 Å². The molecule has 2 aromatic heterocycles. The smallest absolute Gasteiger partial charge is 0.257 e. The van der Waals surface area contributed by atoms with E-state index in [1.54, 1.807) is 17.5 Å². The van der Waals surface area contributed by atoms with Crippen molar-refractivity contribution in [3.8, 4) is 10.6 Å². The number of benzene rings is 1. The van der Waals surface area contributed by atoms with E-state index in [1.807, 2.05) is 35.5 Å².